The Bertz CT molecular complexity index is 171. The first kappa shape index (κ1) is 8.96. The van der Waals surface area contributed by atoms with Gasteiger partial charge in [-0.05, 0) is 12.1 Å². The van der Waals surface area contributed by atoms with Crippen LogP contribution in [0.3, 0.4) is 0 Å². The Balaban J connectivity index is 0.000000640. The second kappa shape index (κ2) is 3.89. The van der Waals surface area contributed by atoms with Crippen LogP contribution in [0.4, 0.5) is 8.78 Å². The number of benzene rings is 1. The Kier molecular flexibility index (Phi) is 3.87. The van der Waals surface area contributed by atoms with Crippen LogP contribution < -0.4 is 0 Å². The van der Waals surface area contributed by atoms with Gasteiger partial charge in [-0.3, -0.25) is 0 Å². The van der Waals surface area contributed by atoms with Crippen molar-refractivity contribution in [3.8, 4) is 0 Å². The van der Waals surface area contributed by atoms with E-state index in [1.54, 1.807) is 0 Å². The number of hydrogen-bond acceptors (Lipinski definition) is 0. The van der Waals surface area contributed by atoms with Crippen molar-refractivity contribution >= 4 is 26.2 Å². The number of rotatable bonds is 0. The number of hydrogen-bond donors (Lipinski definition) is 0. The Hall–Kier alpha value is -0.0369. The molecule has 0 N–H and O–H groups in total. The zero-order chi connectivity index (χ0) is 5.98. The van der Waals surface area contributed by atoms with Crippen molar-refractivity contribution in [3.05, 3.63) is 35.9 Å². The molecule has 0 spiro atoms. The van der Waals surface area contributed by atoms with Crippen molar-refractivity contribution in [2.45, 2.75) is 0 Å². The summed E-state index contributed by atoms with van der Waals surface area (Å²) in [4.78, 5) is 0. The Morgan fingerprint density at radius 2 is 1.44 bits per heavy atom. The molecule has 0 nitrogen and oxygen atoms in total. The maximum atomic E-state index is 11.9. The third-order valence-corrected chi connectivity index (χ3v) is 0.787. The van der Waals surface area contributed by atoms with Crippen LogP contribution >= 0.6 is 0 Å². The van der Waals surface area contributed by atoms with Gasteiger partial charge in [0.2, 0.25) is 0 Å². The molecule has 0 unspecified atom stereocenters. The average Bonchev–Trinajstić information content (AvgIpc) is 1.64. The van der Waals surface area contributed by atoms with Crippen LogP contribution in [-0.4, -0.2) is 26.2 Å². The zero-order valence-corrected chi connectivity index (χ0v) is 10.3. The van der Waals surface area contributed by atoms with Crippen molar-refractivity contribution < 1.29 is 8.78 Å². The van der Waals surface area contributed by atoms with Crippen molar-refractivity contribution in [1.29, 1.82) is 0 Å². The Morgan fingerprint density at radius 3 is 1.67 bits per heavy atom. The summed E-state index contributed by atoms with van der Waals surface area (Å²) in [5.74, 6) is -1.07. The zero-order valence-electron chi connectivity index (χ0n) is 4.77. The van der Waals surface area contributed by atoms with Gasteiger partial charge >= 0.3 is 26.2 Å². The molecule has 0 amide bonds. The SMILES string of the molecule is Fc1cccc(F)c1.[BiH3]. The van der Waals surface area contributed by atoms with Gasteiger partial charge in [-0.2, -0.15) is 0 Å². The molecule has 0 aliphatic rings. The van der Waals surface area contributed by atoms with Crippen molar-refractivity contribution in [1.82, 2.24) is 0 Å². The molecule has 0 aliphatic carbocycles. The molecule has 1 aromatic carbocycles. The molecular formula is C6H7BiF2. The molecule has 0 bridgehead atoms. The van der Waals surface area contributed by atoms with Gasteiger partial charge < -0.3 is 0 Å². The van der Waals surface area contributed by atoms with Crippen LogP contribution in [0.1, 0.15) is 0 Å². The Morgan fingerprint density at radius 1 is 1.00 bits per heavy atom. The molecule has 9 heavy (non-hydrogen) atoms. The van der Waals surface area contributed by atoms with E-state index in [4.69, 9.17) is 0 Å². The molecule has 0 saturated carbocycles. The van der Waals surface area contributed by atoms with Crippen LogP contribution in [0.5, 0.6) is 0 Å². The molecule has 0 heterocycles. The fraction of sp³-hybridized carbons (Fsp3) is 0. The summed E-state index contributed by atoms with van der Waals surface area (Å²) in [5.41, 5.74) is 0. The molecule has 1 aromatic rings. The quantitative estimate of drug-likeness (QED) is 0.618. The molecule has 0 saturated heterocycles. The van der Waals surface area contributed by atoms with Gasteiger partial charge in [-0.25, -0.2) is 8.78 Å². The summed E-state index contributed by atoms with van der Waals surface area (Å²) in [6.45, 7) is 0. The molecule has 0 aliphatic heterocycles. The fourth-order valence-electron chi connectivity index (χ4n) is 0.460. The van der Waals surface area contributed by atoms with Crippen LogP contribution in [0.2, 0.25) is 0 Å². The topological polar surface area (TPSA) is 0 Å². The minimum absolute atomic E-state index is 0. The van der Waals surface area contributed by atoms with Gasteiger partial charge in [-0.1, -0.05) is 6.07 Å². The minimum atomic E-state index is -0.537. The molecule has 50 valence electrons. The molecular weight excluding hydrogens is 319 g/mol. The van der Waals surface area contributed by atoms with Gasteiger partial charge in [0.15, 0.2) is 0 Å². The van der Waals surface area contributed by atoms with E-state index in [2.05, 4.69) is 0 Å². The van der Waals surface area contributed by atoms with Crippen LogP contribution in [0.25, 0.3) is 0 Å². The van der Waals surface area contributed by atoms with Crippen LogP contribution in [0, 0.1) is 11.6 Å². The van der Waals surface area contributed by atoms with E-state index in [1.165, 1.54) is 18.2 Å². The standard InChI is InChI=1S/C6H4F2.Bi.3H/c7-5-2-1-3-6(8)4-5;;;;/h1-4H;;;;. The van der Waals surface area contributed by atoms with Gasteiger partial charge in [0, 0.05) is 6.07 Å². The van der Waals surface area contributed by atoms with Gasteiger partial charge in [0.25, 0.3) is 0 Å². The van der Waals surface area contributed by atoms with E-state index >= 15 is 0 Å². The molecule has 0 radical (unpaired) electrons. The maximum absolute atomic E-state index is 11.9. The first-order valence-electron chi connectivity index (χ1n) is 2.20. The van der Waals surface area contributed by atoms with Crippen molar-refractivity contribution in [2.24, 2.45) is 0 Å². The first-order valence-corrected chi connectivity index (χ1v) is 2.20. The van der Waals surface area contributed by atoms with E-state index in [9.17, 15) is 8.78 Å². The summed E-state index contributed by atoms with van der Waals surface area (Å²) < 4.78 is 23.9. The Labute approximate surface area is 71.0 Å². The summed E-state index contributed by atoms with van der Waals surface area (Å²) in [6.07, 6.45) is 0. The van der Waals surface area contributed by atoms with Crippen molar-refractivity contribution in [3.63, 3.8) is 0 Å². The second-order valence-electron chi connectivity index (χ2n) is 1.44. The summed E-state index contributed by atoms with van der Waals surface area (Å²) in [7, 11) is 0. The fourth-order valence-corrected chi connectivity index (χ4v) is 0.460. The third kappa shape index (κ3) is 2.85. The molecule has 1 rings (SSSR count). The molecule has 3 heteroatoms. The van der Waals surface area contributed by atoms with E-state index < -0.39 is 11.6 Å². The van der Waals surface area contributed by atoms with E-state index in [1.807, 2.05) is 0 Å². The predicted molar refractivity (Wildman–Crippen MR) is 36.3 cm³/mol. The third-order valence-electron chi connectivity index (χ3n) is 0.787. The summed E-state index contributed by atoms with van der Waals surface area (Å²) >= 11 is 0. The van der Waals surface area contributed by atoms with E-state index in [-0.39, 0.29) is 26.2 Å². The van der Waals surface area contributed by atoms with Crippen molar-refractivity contribution in [2.75, 3.05) is 0 Å². The van der Waals surface area contributed by atoms with Gasteiger partial charge in [0.1, 0.15) is 11.6 Å². The predicted octanol–water partition coefficient (Wildman–Crippen LogP) is 0.781. The first-order chi connectivity index (χ1) is 3.79. The summed E-state index contributed by atoms with van der Waals surface area (Å²) in [6, 6.07) is 4.55. The van der Waals surface area contributed by atoms with Crippen LogP contribution in [0.15, 0.2) is 24.3 Å². The average molecular weight is 326 g/mol. The summed E-state index contributed by atoms with van der Waals surface area (Å²) in [5, 5.41) is 0. The van der Waals surface area contributed by atoms with E-state index in [0.717, 1.165) is 6.07 Å². The van der Waals surface area contributed by atoms with Gasteiger partial charge in [-0.15, -0.1) is 0 Å². The monoisotopic (exact) mass is 326 g/mol. The molecule has 0 aromatic heterocycles. The normalized spacial score (nSPS) is 8.22. The van der Waals surface area contributed by atoms with E-state index in [0.29, 0.717) is 0 Å². The number of halogens is 2. The van der Waals surface area contributed by atoms with Gasteiger partial charge in [0.05, 0.1) is 0 Å². The molecule has 0 fully saturated rings. The molecule has 0 atom stereocenters. The second-order valence-corrected chi connectivity index (χ2v) is 1.44. The van der Waals surface area contributed by atoms with Crippen LogP contribution in [-0.2, 0) is 0 Å².